The summed E-state index contributed by atoms with van der Waals surface area (Å²) in [5.74, 6) is -0.771. The number of Topliss-reactive ketones (excluding diaryl/α,β-unsaturated/α-hetero) is 1. The topological polar surface area (TPSA) is 35.5 Å². The largest absolute Gasteiger partial charge is 0.490 e. The predicted octanol–water partition coefficient (Wildman–Crippen LogP) is 3.59. The van der Waals surface area contributed by atoms with E-state index in [9.17, 15) is 13.6 Å². The van der Waals surface area contributed by atoms with Crippen LogP contribution < -0.4 is 9.47 Å². The maximum absolute atomic E-state index is 12.4. The maximum atomic E-state index is 12.4. The van der Waals surface area contributed by atoms with Crippen LogP contribution in [-0.2, 0) is 0 Å². The lowest BCUT2D eigenvalue weighted by Crippen LogP contribution is -2.11. The van der Waals surface area contributed by atoms with E-state index in [2.05, 4.69) is 0 Å². The number of carbonyl (C=O) groups excluding carboxylic acids is 1. The minimum absolute atomic E-state index is 0.0767. The number of ether oxygens (including phenoxy) is 2. The first-order valence-electron chi connectivity index (χ1n) is 5.42. The maximum Gasteiger partial charge on any atom is 0.300 e. The smallest absolute Gasteiger partial charge is 0.300 e. The van der Waals surface area contributed by atoms with E-state index in [1.165, 1.54) is 12.1 Å². The van der Waals surface area contributed by atoms with E-state index in [4.69, 9.17) is 21.1 Å². The summed E-state index contributed by atoms with van der Waals surface area (Å²) < 4.78 is 35.3. The normalized spacial score (nSPS) is 10.6. The Morgan fingerprint density at radius 2 is 1.72 bits per heavy atom. The molecular formula is C12H13ClF2O3. The van der Waals surface area contributed by atoms with E-state index in [0.717, 1.165) is 0 Å². The molecule has 0 bridgehead atoms. The molecule has 0 fully saturated rings. The quantitative estimate of drug-likeness (QED) is 0.746. The van der Waals surface area contributed by atoms with E-state index < -0.39 is 12.2 Å². The SMILES string of the molecule is CCOc1cc(Cl)c(C(=O)C(F)F)cc1OCC. The van der Waals surface area contributed by atoms with Crippen molar-refractivity contribution in [3.63, 3.8) is 0 Å². The fourth-order valence-corrected chi connectivity index (χ4v) is 1.62. The molecule has 0 aromatic heterocycles. The van der Waals surface area contributed by atoms with Gasteiger partial charge in [0.2, 0.25) is 5.78 Å². The average Bonchev–Trinajstić information content (AvgIpc) is 2.32. The van der Waals surface area contributed by atoms with Crippen molar-refractivity contribution in [3.8, 4) is 11.5 Å². The average molecular weight is 279 g/mol. The molecule has 0 saturated heterocycles. The molecule has 1 aromatic carbocycles. The Hall–Kier alpha value is -1.36. The van der Waals surface area contributed by atoms with Crippen molar-refractivity contribution in [1.29, 1.82) is 0 Å². The van der Waals surface area contributed by atoms with Crippen molar-refractivity contribution in [1.82, 2.24) is 0 Å². The summed E-state index contributed by atoms with van der Waals surface area (Å²) in [7, 11) is 0. The number of hydrogen-bond donors (Lipinski definition) is 0. The summed E-state index contributed by atoms with van der Waals surface area (Å²) in [5, 5.41) is -0.0767. The van der Waals surface area contributed by atoms with Crippen molar-refractivity contribution in [2.24, 2.45) is 0 Å². The van der Waals surface area contributed by atoms with E-state index in [-0.39, 0.29) is 16.3 Å². The van der Waals surface area contributed by atoms with E-state index in [0.29, 0.717) is 19.0 Å². The second-order valence-electron chi connectivity index (χ2n) is 3.31. The molecule has 0 aliphatic rings. The fourth-order valence-electron chi connectivity index (χ4n) is 1.38. The molecule has 1 aromatic rings. The van der Waals surface area contributed by atoms with Gasteiger partial charge in [-0.3, -0.25) is 4.79 Å². The lowest BCUT2D eigenvalue weighted by molar-refractivity contribution is 0.0678. The van der Waals surface area contributed by atoms with Crippen LogP contribution in [-0.4, -0.2) is 25.4 Å². The molecular weight excluding hydrogens is 266 g/mol. The van der Waals surface area contributed by atoms with E-state index in [1.54, 1.807) is 13.8 Å². The summed E-state index contributed by atoms with van der Waals surface area (Å²) in [6.45, 7) is 4.20. The lowest BCUT2D eigenvalue weighted by Gasteiger charge is -2.13. The van der Waals surface area contributed by atoms with Crippen molar-refractivity contribution in [2.45, 2.75) is 20.3 Å². The highest BCUT2D eigenvalue weighted by Crippen LogP contribution is 2.34. The third-order valence-electron chi connectivity index (χ3n) is 2.10. The van der Waals surface area contributed by atoms with E-state index >= 15 is 0 Å². The summed E-state index contributed by atoms with van der Waals surface area (Å²) in [5.41, 5.74) is -0.265. The molecule has 18 heavy (non-hydrogen) atoms. The molecule has 0 aliphatic carbocycles. The van der Waals surface area contributed by atoms with Gasteiger partial charge in [0, 0.05) is 11.6 Å². The molecule has 0 heterocycles. The van der Waals surface area contributed by atoms with Crippen molar-refractivity contribution in [3.05, 3.63) is 22.7 Å². The van der Waals surface area contributed by atoms with Crippen LogP contribution in [0.3, 0.4) is 0 Å². The van der Waals surface area contributed by atoms with Gasteiger partial charge in [-0.1, -0.05) is 11.6 Å². The minimum Gasteiger partial charge on any atom is -0.490 e. The standard InChI is InChI=1S/C12H13ClF2O3/c1-3-17-9-5-7(11(16)12(14)15)8(13)6-10(9)18-4-2/h5-6,12H,3-4H2,1-2H3. The summed E-state index contributed by atoms with van der Waals surface area (Å²) >= 11 is 5.79. The van der Waals surface area contributed by atoms with Gasteiger partial charge in [-0.2, -0.15) is 0 Å². The Balaban J connectivity index is 3.21. The Morgan fingerprint density at radius 1 is 1.22 bits per heavy atom. The monoisotopic (exact) mass is 278 g/mol. The van der Waals surface area contributed by atoms with Crippen molar-refractivity contribution in [2.75, 3.05) is 13.2 Å². The molecule has 0 N–H and O–H groups in total. The Bertz CT molecular complexity index is 436. The van der Waals surface area contributed by atoms with Gasteiger partial charge < -0.3 is 9.47 Å². The molecule has 100 valence electrons. The second kappa shape index (κ2) is 6.54. The molecule has 0 amide bonds. The number of halogens is 3. The van der Waals surface area contributed by atoms with Gasteiger partial charge in [0.05, 0.1) is 18.2 Å². The van der Waals surface area contributed by atoms with Crippen LogP contribution in [0, 0.1) is 0 Å². The first kappa shape index (κ1) is 14.7. The first-order valence-corrected chi connectivity index (χ1v) is 5.80. The number of rotatable bonds is 6. The van der Waals surface area contributed by atoms with Gasteiger partial charge in [-0.05, 0) is 19.9 Å². The highest BCUT2D eigenvalue weighted by Gasteiger charge is 2.23. The van der Waals surface area contributed by atoms with Gasteiger partial charge in [-0.15, -0.1) is 0 Å². The number of ketones is 1. The van der Waals surface area contributed by atoms with Gasteiger partial charge in [-0.25, -0.2) is 8.78 Å². The van der Waals surface area contributed by atoms with Crippen molar-refractivity contribution < 1.29 is 23.0 Å². The molecule has 3 nitrogen and oxygen atoms in total. The van der Waals surface area contributed by atoms with Gasteiger partial charge in [0.1, 0.15) is 0 Å². The molecule has 0 saturated carbocycles. The zero-order chi connectivity index (χ0) is 13.7. The van der Waals surface area contributed by atoms with Crippen molar-refractivity contribution >= 4 is 17.4 Å². The fraction of sp³-hybridized carbons (Fsp3) is 0.417. The molecule has 0 unspecified atom stereocenters. The third-order valence-corrected chi connectivity index (χ3v) is 2.41. The zero-order valence-corrected chi connectivity index (χ0v) is 10.8. The van der Waals surface area contributed by atoms with Crippen LogP contribution in [0.5, 0.6) is 11.5 Å². The molecule has 0 atom stereocenters. The van der Waals surface area contributed by atoms with Crippen LogP contribution in [0.15, 0.2) is 12.1 Å². The number of carbonyl (C=O) groups is 1. The molecule has 6 heteroatoms. The summed E-state index contributed by atoms with van der Waals surface area (Å²) in [6.07, 6.45) is -3.10. The second-order valence-corrected chi connectivity index (χ2v) is 3.72. The molecule has 0 spiro atoms. The summed E-state index contributed by atoms with van der Waals surface area (Å²) in [4.78, 5) is 11.3. The molecule has 0 radical (unpaired) electrons. The van der Waals surface area contributed by atoms with Gasteiger partial charge >= 0.3 is 6.43 Å². The Kier molecular flexibility index (Phi) is 5.34. The Morgan fingerprint density at radius 3 is 2.17 bits per heavy atom. The first-order chi connectivity index (χ1) is 8.51. The summed E-state index contributed by atoms with van der Waals surface area (Å²) in [6, 6.07) is 2.50. The lowest BCUT2D eigenvalue weighted by atomic mass is 10.1. The van der Waals surface area contributed by atoms with Crippen LogP contribution in [0.4, 0.5) is 8.78 Å². The van der Waals surface area contributed by atoms with Crippen LogP contribution in [0.2, 0.25) is 5.02 Å². The zero-order valence-electron chi connectivity index (χ0n) is 10.0. The Labute approximate surface area is 109 Å². The molecule has 1 rings (SSSR count). The minimum atomic E-state index is -3.10. The number of alkyl halides is 2. The van der Waals surface area contributed by atoms with Crippen LogP contribution >= 0.6 is 11.6 Å². The number of benzene rings is 1. The number of hydrogen-bond acceptors (Lipinski definition) is 3. The van der Waals surface area contributed by atoms with Crippen LogP contribution in [0.25, 0.3) is 0 Å². The predicted molar refractivity (Wildman–Crippen MR) is 64.1 cm³/mol. The highest BCUT2D eigenvalue weighted by molar-refractivity contribution is 6.34. The highest BCUT2D eigenvalue weighted by atomic mass is 35.5. The third kappa shape index (κ3) is 3.32. The molecule has 0 aliphatic heterocycles. The van der Waals surface area contributed by atoms with E-state index in [1.807, 2.05) is 0 Å². The van der Waals surface area contributed by atoms with Gasteiger partial charge in [0.25, 0.3) is 0 Å². The van der Waals surface area contributed by atoms with Gasteiger partial charge in [0.15, 0.2) is 11.5 Å². The van der Waals surface area contributed by atoms with Crippen LogP contribution in [0.1, 0.15) is 24.2 Å².